The Bertz CT molecular complexity index is 1390. The van der Waals surface area contributed by atoms with Crippen molar-refractivity contribution in [2.75, 3.05) is 10.6 Å². The molecular weight excluding hydrogens is 449 g/mol. The van der Waals surface area contributed by atoms with Crippen LogP contribution in [0.2, 0.25) is 0 Å². The lowest BCUT2D eigenvalue weighted by atomic mass is 10.2. The van der Waals surface area contributed by atoms with Crippen molar-refractivity contribution in [1.82, 2.24) is 9.97 Å². The Kier molecular flexibility index (Phi) is 5.95. The summed E-state index contributed by atoms with van der Waals surface area (Å²) >= 11 is 0. The highest BCUT2D eigenvalue weighted by atomic mass is 19.1. The third-order valence-electron chi connectivity index (χ3n) is 4.43. The number of hydrogen-bond acceptors (Lipinski definition) is 10. The molecule has 0 aliphatic rings. The van der Waals surface area contributed by atoms with E-state index in [0.717, 1.165) is 0 Å². The maximum atomic E-state index is 15.2. The van der Waals surface area contributed by atoms with Gasteiger partial charge in [-0.15, -0.1) is 0 Å². The fourth-order valence-electron chi connectivity index (χ4n) is 2.81. The average molecular weight is 465 g/mol. The Hall–Kier alpha value is -5.13. The van der Waals surface area contributed by atoms with Crippen LogP contribution in [-0.4, -0.2) is 30.2 Å². The predicted octanol–water partition coefficient (Wildman–Crippen LogP) is 4.89. The molecule has 2 aromatic heterocycles. The number of benzene rings is 2. The second-order valence-electron chi connectivity index (χ2n) is 6.86. The van der Waals surface area contributed by atoms with Gasteiger partial charge in [0.05, 0.1) is 6.07 Å². The highest BCUT2D eigenvalue weighted by Crippen LogP contribution is 2.31. The second kappa shape index (κ2) is 9.16. The molecule has 2 aromatic carbocycles. The van der Waals surface area contributed by atoms with Crippen LogP contribution < -0.4 is 10.6 Å². The van der Waals surface area contributed by atoms with E-state index in [9.17, 15) is 25.4 Å². The van der Waals surface area contributed by atoms with Gasteiger partial charge in [0.15, 0.2) is 29.0 Å². The minimum Gasteiger partial charge on any atom is -0.508 e. The number of aromatic nitrogens is 2. The maximum absolute atomic E-state index is 15.2. The summed E-state index contributed by atoms with van der Waals surface area (Å²) in [5, 5.41) is 44.9. The summed E-state index contributed by atoms with van der Waals surface area (Å²) in [6, 6.07) is 12.2. The molecule has 11 nitrogen and oxygen atoms in total. The third-order valence-corrected chi connectivity index (χ3v) is 4.43. The molecule has 34 heavy (non-hydrogen) atoms. The quantitative estimate of drug-likeness (QED) is 0.110. The summed E-state index contributed by atoms with van der Waals surface area (Å²) in [5.41, 5.74) is 0.667. The van der Waals surface area contributed by atoms with E-state index < -0.39 is 22.4 Å². The van der Waals surface area contributed by atoms with Crippen LogP contribution in [0, 0.1) is 15.9 Å². The van der Waals surface area contributed by atoms with Crippen molar-refractivity contribution in [2.24, 2.45) is 0 Å². The van der Waals surface area contributed by atoms with Gasteiger partial charge in [0.1, 0.15) is 16.4 Å². The summed E-state index contributed by atoms with van der Waals surface area (Å²) in [4.78, 5) is 18.3. The Morgan fingerprint density at radius 1 is 0.882 bits per heavy atom. The van der Waals surface area contributed by atoms with Crippen LogP contribution in [0.3, 0.4) is 0 Å². The molecule has 2 heterocycles. The molecule has 0 unspecified atom stereocenters. The lowest BCUT2D eigenvalue weighted by Gasteiger charge is -2.13. The SMILES string of the molecule is O=[N+]([O-])c1ccc(/C=C/c2nc(Nc3ccc(O)cc3)c(F)c(Nc3ccc(O)c(O)c3)n2)o1. The number of rotatable bonds is 7. The first-order chi connectivity index (χ1) is 16.3. The molecule has 0 saturated carbocycles. The fourth-order valence-corrected chi connectivity index (χ4v) is 2.81. The minimum absolute atomic E-state index is 0.0206. The Morgan fingerprint density at radius 2 is 1.53 bits per heavy atom. The van der Waals surface area contributed by atoms with Gasteiger partial charge in [0, 0.05) is 17.4 Å². The number of nitro groups is 1. The largest absolute Gasteiger partial charge is 0.508 e. The van der Waals surface area contributed by atoms with Crippen LogP contribution in [0.15, 0.2) is 59.0 Å². The number of phenols is 3. The number of halogens is 1. The second-order valence-corrected chi connectivity index (χ2v) is 6.86. The molecule has 0 aliphatic heterocycles. The first kappa shape index (κ1) is 22.1. The van der Waals surface area contributed by atoms with E-state index in [1.54, 1.807) is 0 Å². The van der Waals surface area contributed by atoms with Crippen LogP contribution in [0.25, 0.3) is 12.2 Å². The zero-order chi connectivity index (χ0) is 24.2. The molecule has 0 aliphatic carbocycles. The van der Waals surface area contributed by atoms with Crippen LogP contribution in [0.4, 0.5) is 33.3 Å². The summed E-state index contributed by atoms with van der Waals surface area (Å²) in [6.07, 6.45) is 2.74. The highest BCUT2D eigenvalue weighted by Gasteiger charge is 2.16. The predicted molar refractivity (Wildman–Crippen MR) is 121 cm³/mol. The number of aromatic hydroxyl groups is 3. The van der Waals surface area contributed by atoms with Crippen molar-refractivity contribution in [2.45, 2.75) is 0 Å². The van der Waals surface area contributed by atoms with Crippen LogP contribution in [0.1, 0.15) is 11.6 Å². The van der Waals surface area contributed by atoms with Crippen LogP contribution >= 0.6 is 0 Å². The van der Waals surface area contributed by atoms with Crippen LogP contribution in [-0.2, 0) is 0 Å². The number of phenolic OH excluding ortho intramolecular Hbond substituents is 3. The molecule has 12 heteroatoms. The Morgan fingerprint density at radius 3 is 2.15 bits per heavy atom. The van der Waals surface area contributed by atoms with Gasteiger partial charge >= 0.3 is 5.88 Å². The van der Waals surface area contributed by atoms with Gasteiger partial charge in [-0.1, -0.05) is 0 Å². The summed E-state index contributed by atoms with van der Waals surface area (Å²) in [7, 11) is 0. The summed E-state index contributed by atoms with van der Waals surface area (Å²) < 4.78 is 20.3. The zero-order valence-corrected chi connectivity index (χ0v) is 17.1. The number of nitrogens with one attached hydrogen (secondary N) is 2. The van der Waals surface area contributed by atoms with Gasteiger partial charge in [0.2, 0.25) is 5.82 Å². The average Bonchev–Trinajstić information content (AvgIpc) is 3.29. The molecule has 0 spiro atoms. The number of furan rings is 1. The number of nitrogens with zero attached hydrogens (tertiary/aromatic N) is 3. The fraction of sp³-hybridized carbons (Fsp3) is 0. The van der Waals surface area contributed by atoms with Crippen molar-refractivity contribution in [3.8, 4) is 17.2 Å². The number of anilines is 4. The van der Waals surface area contributed by atoms with E-state index in [1.807, 2.05) is 0 Å². The monoisotopic (exact) mass is 465 g/mol. The highest BCUT2D eigenvalue weighted by molar-refractivity contribution is 5.70. The molecule has 172 valence electrons. The summed E-state index contributed by atoms with van der Waals surface area (Å²) in [5.74, 6) is -2.32. The van der Waals surface area contributed by atoms with E-state index in [1.165, 1.54) is 66.7 Å². The molecule has 0 amide bonds. The van der Waals surface area contributed by atoms with E-state index in [4.69, 9.17) is 4.42 Å². The van der Waals surface area contributed by atoms with Crippen molar-refractivity contribution in [1.29, 1.82) is 0 Å². The smallest absolute Gasteiger partial charge is 0.433 e. The molecule has 4 aromatic rings. The topological polar surface area (TPSA) is 167 Å². The third kappa shape index (κ3) is 5.02. The minimum atomic E-state index is -0.855. The van der Waals surface area contributed by atoms with Crippen LogP contribution in [0.5, 0.6) is 17.2 Å². The van der Waals surface area contributed by atoms with Crippen molar-refractivity contribution in [3.05, 3.63) is 82.1 Å². The van der Waals surface area contributed by atoms with Crippen molar-refractivity contribution in [3.63, 3.8) is 0 Å². The normalized spacial score (nSPS) is 11.0. The first-order valence-electron chi connectivity index (χ1n) is 9.63. The molecule has 0 saturated heterocycles. The summed E-state index contributed by atoms with van der Waals surface area (Å²) in [6.45, 7) is 0. The molecule has 0 radical (unpaired) electrons. The molecule has 0 fully saturated rings. The van der Waals surface area contributed by atoms with E-state index in [0.29, 0.717) is 5.69 Å². The molecule has 0 atom stereocenters. The van der Waals surface area contributed by atoms with E-state index in [-0.39, 0.29) is 40.4 Å². The lowest BCUT2D eigenvalue weighted by Crippen LogP contribution is -2.06. The van der Waals surface area contributed by atoms with Crippen molar-refractivity contribution < 1.29 is 29.1 Å². The Balaban J connectivity index is 1.70. The van der Waals surface area contributed by atoms with Gasteiger partial charge in [-0.05, 0) is 54.6 Å². The number of hydrogen-bond donors (Lipinski definition) is 5. The molecule has 0 bridgehead atoms. The van der Waals surface area contributed by atoms with Gasteiger partial charge < -0.3 is 30.4 Å². The maximum Gasteiger partial charge on any atom is 0.433 e. The first-order valence-corrected chi connectivity index (χ1v) is 9.63. The lowest BCUT2D eigenvalue weighted by molar-refractivity contribution is -0.402. The zero-order valence-electron chi connectivity index (χ0n) is 17.1. The van der Waals surface area contributed by atoms with Crippen molar-refractivity contribution >= 4 is 41.0 Å². The Labute approximate surface area is 190 Å². The van der Waals surface area contributed by atoms with Gasteiger partial charge in [-0.25, -0.2) is 9.97 Å². The van der Waals surface area contributed by atoms with Gasteiger partial charge in [-0.3, -0.25) is 10.1 Å². The van der Waals surface area contributed by atoms with E-state index in [2.05, 4.69) is 20.6 Å². The molecule has 4 rings (SSSR count). The molecule has 5 N–H and O–H groups in total. The standard InChI is InChI=1S/C22H16FN5O6/c23-20-21(24-12-1-4-14(29)5-2-12)26-18(9-6-15-7-10-19(34-15)28(32)33)27-22(20)25-13-3-8-16(30)17(31)11-13/h1-11,29-31H,(H2,24,25,26,27)/b9-6+. The molecular formula is C22H16FN5O6. The van der Waals surface area contributed by atoms with Gasteiger partial charge in [0.25, 0.3) is 0 Å². The van der Waals surface area contributed by atoms with E-state index >= 15 is 4.39 Å². The van der Waals surface area contributed by atoms with Gasteiger partial charge in [-0.2, -0.15) is 4.39 Å².